The summed E-state index contributed by atoms with van der Waals surface area (Å²) >= 11 is 0. The van der Waals surface area contributed by atoms with E-state index in [1.54, 1.807) is 0 Å². The van der Waals surface area contributed by atoms with E-state index in [4.69, 9.17) is 4.74 Å². The number of rotatable bonds is 3. The number of ether oxygens (including phenoxy) is 1. The molecule has 0 spiro atoms. The van der Waals surface area contributed by atoms with Gasteiger partial charge in [0.05, 0.1) is 6.61 Å². The van der Waals surface area contributed by atoms with Crippen LogP contribution >= 0.6 is 0 Å². The van der Waals surface area contributed by atoms with Crippen molar-refractivity contribution in [3.05, 3.63) is 12.4 Å². The topological polar surface area (TPSA) is 39.1 Å². The van der Waals surface area contributed by atoms with Crippen LogP contribution < -0.4 is 5.32 Å². The van der Waals surface area contributed by atoms with Crippen LogP contribution in [0.3, 0.4) is 0 Å². The average molecular weight is 195 g/mol. The van der Waals surface area contributed by atoms with Gasteiger partial charge in [0, 0.05) is 38.0 Å². The van der Waals surface area contributed by atoms with Gasteiger partial charge in [-0.1, -0.05) is 0 Å². The zero-order valence-corrected chi connectivity index (χ0v) is 8.73. The fourth-order valence-corrected chi connectivity index (χ4v) is 2.00. The predicted octanol–water partition coefficient (Wildman–Crippen LogP) is 1.52. The lowest BCUT2D eigenvalue weighted by Gasteiger charge is -2.20. The molecule has 0 aliphatic carbocycles. The highest BCUT2D eigenvalue weighted by Crippen LogP contribution is 2.27. The molecule has 1 aromatic heterocycles. The van der Waals surface area contributed by atoms with Crippen LogP contribution in [0.15, 0.2) is 12.4 Å². The van der Waals surface area contributed by atoms with Gasteiger partial charge in [-0.05, 0) is 13.3 Å². The lowest BCUT2D eigenvalue weighted by atomic mass is 10.0. The molecule has 1 fully saturated rings. The number of imidazole rings is 1. The first kappa shape index (κ1) is 9.52. The quantitative estimate of drug-likeness (QED) is 0.794. The number of nitrogens with one attached hydrogen (secondary N) is 1. The van der Waals surface area contributed by atoms with Gasteiger partial charge < -0.3 is 14.6 Å². The summed E-state index contributed by atoms with van der Waals surface area (Å²) in [7, 11) is 1.90. The maximum absolute atomic E-state index is 5.40. The van der Waals surface area contributed by atoms with Crippen LogP contribution in [0.1, 0.15) is 19.4 Å². The first-order chi connectivity index (χ1) is 6.83. The van der Waals surface area contributed by atoms with Gasteiger partial charge >= 0.3 is 0 Å². The van der Waals surface area contributed by atoms with Crippen molar-refractivity contribution in [2.45, 2.75) is 19.4 Å². The molecule has 1 aliphatic rings. The van der Waals surface area contributed by atoms with Gasteiger partial charge in [0.2, 0.25) is 5.95 Å². The van der Waals surface area contributed by atoms with E-state index in [0.29, 0.717) is 12.0 Å². The van der Waals surface area contributed by atoms with Gasteiger partial charge in [-0.15, -0.1) is 0 Å². The monoisotopic (exact) mass is 195 g/mol. The molecule has 2 rings (SSSR count). The van der Waals surface area contributed by atoms with Crippen molar-refractivity contribution in [2.24, 2.45) is 5.92 Å². The first-order valence-electron chi connectivity index (χ1n) is 5.11. The second-order valence-corrected chi connectivity index (χ2v) is 3.77. The zero-order valence-electron chi connectivity index (χ0n) is 8.73. The Labute approximate surface area is 84.3 Å². The third kappa shape index (κ3) is 1.62. The number of aromatic nitrogens is 2. The largest absolute Gasteiger partial charge is 0.381 e. The highest BCUT2D eigenvalue weighted by atomic mass is 16.5. The highest BCUT2D eigenvalue weighted by molar-refractivity contribution is 5.25. The van der Waals surface area contributed by atoms with E-state index in [9.17, 15) is 0 Å². The Morgan fingerprint density at radius 2 is 2.57 bits per heavy atom. The van der Waals surface area contributed by atoms with Crippen LogP contribution in [0, 0.1) is 5.92 Å². The van der Waals surface area contributed by atoms with Crippen molar-refractivity contribution < 1.29 is 4.74 Å². The molecule has 0 bridgehead atoms. The summed E-state index contributed by atoms with van der Waals surface area (Å²) in [4.78, 5) is 4.24. The van der Waals surface area contributed by atoms with Crippen molar-refractivity contribution in [2.75, 3.05) is 25.6 Å². The van der Waals surface area contributed by atoms with Gasteiger partial charge in [0.25, 0.3) is 0 Å². The van der Waals surface area contributed by atoms with Gasteiger partial charge in [0.1, 0.15) is 0 Å². The molecular formula is C10H17N3O. The molecule has 1 aliphatic heterocycles. The fourth-order valence-electron chi connectivity index (χ4n) is 2.00. The van der Waals surface area contributed by atoms with E-state index in [1.165, 1.54) is 0 Å². The Hall–Kier alpha value is -1.03. The summed E-state index contributed by atoms with van der Waals surface area (Å²) in [6.07, 6.45) is 5.01. The minimum absolute atomic E-state index is 0.461. The molecule has 14 heavy (non-hydrogen) atoms. The van der Waals surface area contributed by atoms with E-state index >= 15 is 0 Å². The fraction of sp³-hybridized carbons (Fsp3) is 0.700. The maximum Gasteiger partial charge on any atom is 0.202 e. The molecule has 78 valence electrons. The number of hydrogen-bond donors (Lipinski definition) is 1. The van der Waals surface area contributed by atoms with Crippen molar-refractivity contribution >= 4 is 5.95 Å². The predicted molar refractivity (Wildman–Crippen MR) is 55.4 cm³/mol. The maximum atomic E-state index is 5.40. The molecule has 2 heterocycles. The Balaban J connectivity index is 2.12. The number of anilines is 1. The average Bonchev–Trinajstić information content (AvgIpc) is 2.87. The van der Waals surface area contributed by atoms with Gasteiger partial charge in [-0.3, -0.25) is 0 Å². The van der Waals surface area contributed by atoms with E-state index in [-0.39, 0.29) is 0 Å². The Bertz CT molecular complexity index is 291. The molecule has 1 saturated heterocycles. The molecule has 0 amide bonds. The molecule has 4 heteroatoms. The van der Waals surface area contributed by atoms with Gasteiger partial charge in [-0.2, -0.15) is 0 Å². The van der Waals surface area contributed by atoms with Gasteiger partial charge in [-0.25, -0.2) is 4.98 Å². The van der Waals surface area contributed by atoms with Crippen LogP contribution in [-0.4, -0.2) is 29.8 Å². The molecule has 4 nitrogen and oxygen atoms in total. The third-order valence-corrected chi connectivity index (χ3v) is 2.98. The van der Waals surface area contributed by atoms with Crippen LogP contribution in [-0.2, 0) is 4.74 Å². The summed E-state index contributed by atoms with van der Waals surface area (Å²) in [5, 5.41) is 3.09. The number of nitrogens with zero attached hydrogens (tertiary/aromatic N) is 2. The lowest BCUT2D eigenvalue weighted by Crippen LogP contribution is -2.17. The van der Waals surface area contributed by atoms with Gasteiger partial charge in [0.15, 0.2) is 0 Å². The van der Waals surface area contributed by atoms with Crippen molar-refractivity contribution in [1.29, 1.82) is 0 Å². The second kappa shape index (κ2) is 4.00. The van der Waals surface area contributed by atoms with E-state index in [0.717, 1.165) is 25.6 Å². The van der Waals surface area contributed by atoms with Crippen LogP contribution in [0.2, 0.25) is 0 Å². The van der Waals surface area contributed by atoms with Crippen molar-refractivity contribution in [3.8, 4) is 0 Å². The normalized spacial score (nSPS) is 23.7. The summed E-state index contributed by atoms with van der Waals surface area (Å²) in [6.45, 7) is 4.00. The summed E-state index contributed by atoms with van der Waals surface area (Å²) in [5.41, 5.74) is 0. The van der Waals surface area contributed by atoms with E-state index < -0.39 is 0 Å². The second-order valence-electron chi connectivity index (χ2n) is 3.77. The Morgan fingerprint density at radius 1 is 1.71 bits per heavy atom. The lowest BCUT2D eigenvalue weighted by molar-refractivity contribution is 0.175. The third-order valence-electron chi connectivity index (χ3n) is 2.98. The molecule has 0 radical (unpaired) electrons. The molecule has 1 aromatic rings. The van der Waals surface area contributed by atoms with Crippen LogP contribution in [0.25, 0.3) is 0 Å². The Kier molecular flexibility index (Phi) is 2.72. The van der Waals surface area contributed by atoms with Crippen molar-refractivity contribution in [1.82, 2.24) is 9.55 Å². The Morgan fingerprint density at radius 3 is 3.21 bits per heavy atom. The van der Waals surface area contributed by atoms with Crippen LogP contribution in [0.5, 0.6) is 0 Å². The van der Waals surface area contributed by atoms with E-state index in [1.807, 2.05) is 19.4 Å². The smallest absolute Gasteiger partial charge is 0.202 e. The van der Waals surface area contributed by atoms with Crippen LogP contribution in [0.4, 0.5) is 5.95 Å². The minimum atomic E-state index is 0.461. The molecule has 0 aromatic carbocycles. The van der Waals surface area contributed by atoms with E-state index in [2.05, 4.69) is 21.8 Å². The first-order valence-corrected chi connectivity index (χ1v) is 5.11. The molecule has 1 N–H and O–H groups in total. The van der Waals surface area contributed by atoms with Crippen molar-refractivity contribution in [3.63, 3.8) is 0 Å². The SMILES string of the molecule is CNc1nccn1C(C)C1CCOC1. The molecule has 2 unspecified atom stereocenters. The summed E-state index contributed by atoms with van der Waals surface area (Å²) in [6, 6.07) is 0.461. The number of hydrogen-bond acceptors (Lipinski definition) is 3. The molecule has 2 atom stereocenters. The molecular weight excluding hydrogens is 178 g/mol. The summed E-state index contributed by atoms with van der Waals surface area (Å²) < 4.78 is 7.58. The highest BCUT2D eigenvalue weighted by Gasteiger charge is 2.24. The zero-order chi connectivity index (χ0) is 9.97. The molecule has 0 saturated carbocycles. The standard InChI is InChI=1S/C10H17N3O/c1-8(9-3-6-14-7-9)13-5-4-12-10(13)11-2/h4-5,8-9H,3,6-7H2,1-2H3,(H,11,12). The summed E-state index contributed by atoms with van der Waals surface area (Å²) in [5.74, 6) is 1.56. The minimum Gasteiger partial charge on any atom is -0.381 e.